The Morgan fingerprint density at radius 2 is 1.65 bits per heavy atom. The van der Waals surface area contributed by atoms with Crippen LogP contribution in [-0.4, -0.2) is 9.91 Å². The summed E-state index contributed by atoms with van der Waals surface area (Å²) in [6, 6.07) is -0.342. The van der Waals surface area contributed by atoms with E-state index in [0.29, 0.717) is 0 Å². The van der Waals surface area contributed by atoms with Crippen LogP contribution in [-0.2, 0) is 12.4 Å². The number of pyridine rings is 1. The highest BCUT2D eigenvalue weighted by atomic mass is 19.4. The lowest BCUT2D eigenvalue weighted by Gasteiger charge is -2.09. The van der Waals surface area contributed by atoms with Crippen molar-refractivity contribution in [2.75, 3.05) is 0 Å². The lowest BCUT2D eigenvalue weighted by Crippen LogP contribution is -2.14. The van der Waals surface area contributed by atoms with Gasteiger partial charge in [0.15, 0.2) is 11.8 Å². The molecule has 0 aliphatic rings. The summed E-state index contributed by atoms with van der Waals surface area (Å²) in [7, 11) is 0. The fourth-order valence-electron chi connectivity index (χ4n) is 0.967. The molecule has 0 saturated heterocycles. The predicted octanol–water partition coefficient (Wildman–Crippen LogP) is 3.03. The molecule has 0 amide bonds. The van der Waals surface area contributed by atoms with Crippen molar-refractivity contribution in [1.82, 2.24) is 4.98 Å². The number of nitro groups is 1. The van der Waals surface area contributed by atoms with Gasteiger partial charge in [0.05, 0.1) is 0 Å². The molecule has 0 fully saturated rings. The van der Waals surface area contributed by atoms with E-state index in [4.69, 9.17) is 0 Å². The third-order valence-electron chi connectivity index (χ3n) is 1.67. The van der Waals surface area contributed by atoms with Crippen LogP contribution in [0.3, 0.4) is 0 Å². The van der Waals surface area contributed by atoms with Crippen molar-refractivity contribution in [3.8, 4) is 0 Å². The SMILES string of the molecule is O=[N+]([O-])c1ncc(C(F)(F)F)cc1C(F)(F)F. The molecular formula is C7H2F6N2O2. The third kappa shape index (κ3) is 2.82. The Labute approximate surface area is 89.0 Å². The van der Waals surface area contributed by atoms with Crippen molar-refractivity contribution in [1.29, 1.82) is 0 Å². The number of hydrogen-bond acceptors (Lipinski definition) is 3. The first kappa shape index (κ1) is 13.2. The Balaban J connectivity index is 3.46. The van der Waals surface area contributed by atoms with Gasteiger partial charge < -0.3 is 10.1 Å². The molecule has 0 unspecified atom stereocenters. The van der Waals surface area contributed by atoms with Crippen LogP contribution >= 0.6 is 0 Å². The lowest BCUT2D eigenvalue weighted by molar-refractivity contribution is -0.392. The van der Waals surface area contributed by atoms with Crippen LogP contribution in [0.2, 0.25) is 0 Å². The Hall–Kier alpha value is -1.87. The molecule has 94 valence electrons. The number of rotatable bonds is 1. The van der Waals surface area contributed by atoms with Gasteiger partial charge in [0.25, 0.3) is 0 Å². The molecule has 1 aromatic heterocycles. The average Bonchev–Trinajstić information content (AvgIpc) is 2.14. The second-order valence-corrected chi connectivity index (χ2v) is 2.85. The molecular weight excluding hydrogens is 258 g/mol. The molecule has 0 aromatic carbocycles. The van der Waals surface area contributed by atoms with Gasteiger partial charge in [0, 0.05) is 0 Å². The van der Waals surface area contributed by atoms with Gasteiger partial charge in [-0.1, -0.05) is 0 Å². The monoisotopic (exact) mass is 260 g/mol. The van der Waals surface area contributed by atoms with Gasteiger partial charge in [-0.05, 0) is 16.0 Å². The molecule has 0 spiro atoms. The van der Waals surface area contributed by atoms with Crippen LogP contribution in [0.25, 0.3) is 0 Å². The van der Waals surface area contributed by atoms with Crippen molar-refractivity contribution < 1.29 is 31.3 Å². The lowest BCUT2D eigenvalue weighted by atomic mass is 10.2. The van der Waals surface area contributed by atoms with E-state index in [-0.39, 0.29) is 12.3 Å². The molecule has 1 heterocycles. The maximum absolute atomic E-state index is 12.3. The first-order valence-corrected chi connectivity index (χ1v) is 3.82. The molecule has 1 rings (SSSR count). The quantitative estimate of drug-likeness (QED) is 0.443. The molecule has 0 atom stereocenters. The summed E-state index contributed by atoms with van der Waals surface area (Å²) >= 11 is 0. The van der Waals surface area contributed by atoms with Crippen LogP contribution < -0.4 is 0 Å². The minimum atomic E-state index is -5.28. The Kier molecular flexibility index (Phi) is 2.99. The van der Waals surface area contributed by atoms with E-state index in [9.17, 15) is 36.5 Å². The number of aromatic nitrogens is 1. The highest BCUT2D eigenvalue weighted by Crippen LogP contribution is 2.38. The zero-order valence-electron chi connectivity index (χ0n) is 7.63. The topological polar surface area (TPSA) is 56.0 Å². The molecule has 10 heteroatoms. The van der Waals surface area contributed by atoms with E-state index < -0.39 is 34.2 Å². The molecule has 0 N–H and O–H groups in total. The number of alkyl halides is 6. The van der Waals surface area contributed by atoms with Crippen molar-refractivity contribution in [2.45, 2.75) is 12.4 Å². The van der Waals surface area contributed by atoms with Crippen molar-refractivity contribution in [3.63, 3.8) is 0 Å². The average molecular weight is 260 g/mol. The Morgan fingerprint density at radius 1 is 1.12 bits per heavy atom. The van der Waals surface area contributed by atoms with E-state index in [1.807, 2.05) is 0 Å². The molecule has 0 saturated carbocycles. The fourth-order valence-corrected chi connectivity index (χ4v) is 0.967. The Morgan fingerprint density at radius 3 is 2.00 bits per heavy atom. The first-order valence-electron chi connectivity index (χ1n) is 3.82. The van der Waals surface area contributed by atoms with Gasteiger partial charge in [-0.15, -0.1) is 0 Å². The number of hydrogen-bond donors (Lipinski definition) is 0. The third-order valence-corrected chi connectivity index (χ3v) is 1.67. The van der Waals surface area contributed by atoms with Gasteiger partial charge in [0.1, 0.15) is 5.56 Å². The van der Waals surface area contributed by atoms with Crippen LogP contribution in [0.4, 0.5) is 32.2 Å². The molecule has 1 aromatic rings. The summed E-state index contributed by atoms with van der Waals surface area (Å²) in [5, 5.41) is 10.2. The zero-order chi connectivity index (χ0) is 13.4. The van der Waals surface area contributed by atoms with Crippen LogP contribution in [0.5, 0.6) is 0 Å². The van der Waals surface area contributed by atoms with E-state index in [2.05, 4.69) is 4.98 Å². The van der Waals surface area contributed by atoms with Crippen LogP contribution in [0.15, 0.2) is 12.3 Å². The van der Waals surface area contributed by atoms with E-state index >= 15 is 0 Å². The van der Waals surface area contributed by atoms with Crippen LogP contribution in [0.1, 0.15) is 11.1 Å². The smallest absolute Gasteiger partial charge is 0.358 e. The zero-order valence-corrected chi connectivity index (χ0v) is 7.63. The highest BCUT2D eigenvalue weighted by Gasteiger charge is 2.43. The minimum absolute atomic E-state index is 0.0205. The van der Waals surface area contributed by atoms with Gasteiger partial charge >= 0.3 is 18.2 Å². The van der Waals surface area contributed by atoms with Gasteiger partial charge in [0.2, 0.25) is 0 Å². The van der Waals surface area contributed by atoms with Crippen molar-refractivity contribution >= 4 is 5.82 Å². The largest absolute Gasteiger partial charge is 0.424 e. The van der Waals surface area contributed by atoms with E-state index in [1.165, 1.54) is 0 Å². The minimum Gasteiger partial charge on any atom is -0.358 e. The molecule has 0 bridgehead atoms. The molecule has 0 aliphatic heterocycles. The second-order valence-electron chi connectivity index (χ2n) is 2.85. The summed E-state index contributed by atoms with van der Waals surface area (Å²) in [4.78, 5) is 11.3. The maximum Gasteiger partial charge on any atom is 0.424 e. The van der Waals surface area contributed by atoms with Gasteiger partial charge in [-0.2, -0.15) is 26.3 Å². The highest BCUT2D eigenvalue weighted by molar-refractivity contribution is 5.38. The van der Waals surface area contributed by atoms with Crippen molar-refractivity contribution in [2.24, 2.45) is 0 Å². The van der Waals surface area contributed by atoms with E-state index in [0.717, 1.165) is 0 Å². The number of halogens is 6. The Bertz CT molecular complexity index is 453. The number of nitrogens with zero attached hydrogens (tertiary/aromatic N) is 2. The van der Waals surface area contributed by atoms with Crippen molar-refractivity contribution in [3.05, 3.63) is 33.5 Å². The predicted molar refractivity (Wildman–Crippen MR) is 40.9 cm³/mol. The standard InChI is InChI=1S/C7H2F6N2O2/c8-6(9,10)3-1-4(7(11,12)13)5(14-2-3)15(16)17/h1-2H. The molecule has 0 radical (unpaired) electrons. The first-order chi connectivity index (χ1) is 7.53. The van der Waals surface area contributed by atoms with Crippen LogP contribution in [0, 0.1) is 10.1 Å². The van der Waals surface area contributed by atoms with Gasteiger partial charge in [-0.3, -0.25) is 0 Å². The van der Waals surface area contributed by atoms with Gasteiger partial charge in [-0.25, -0.2) is 0 Å². The van der Waals surface area contributed by atoms with E-state index in [1.54, 1.807) is 0 Å². The molecule has 4 nitrogen and oxygen atoms in total. The second kappa shape index (κ2) is 3.86. The molecule has 17 heavy (non-hydrogen) atoms. The molecule has 0 aliphatic carbocycles. The summed E-state index contributed by atoms with van der Waals surface area (Å²) in [6.45, 7) is 0. The summed E-state index contributed by atoms with van der Waals surface area (Å²) in [5.74, 6) is -1.66. The normalized spacial score (nSPS) is 12.6. The summed E-state index contributed by atoms with van der Waals surface area (Å²) < 4.78 is 73.1. The maximum atomic E-state index is 12.3. The summed E-state index contributed by atoms with van der Waals surface area (Å²) in [6.07, 6.45) is -10.4. The fraction of sp³-hybridized carbons (Fsp3) is 0.286. The summed E-state index contributed by atoms with van der Waals surface area (Å²) in [5.41, 5.74) is -3.73.